The van der Waals surface area contributed by atoms with Gasteiger partial charge in [-0.25, -0.2) is 9.97 Å². The summed E-state index contributed by atoms with van der Waals surface area (Å²) in [5, 5.41) is 0. The molecule has 156 valence electrons. The van der Waals surface area contributed by atoms with Crippen LogP contribution in [0.3, 0.4) is 0 Å². The predicted molar refractivity (Wildman–Crippen MR) is 119 cm³/mol. The molecule has 7 heteroatoms. The van der Waals surface area contributed by atoms with Gasteiger partial charge in [-0.2, -0.15) is 11.8 Å². The molecule has 29 heavy (non-hydrogen) atoms. The molecule has 3 heterocycles. The van der Waals surface area contributed by atoms with Crippen molar-refractivity contribution < 1.29 is 9.47 Å². The summed E-state index contributed by atoms with van der Waals surface area (Å²) in [7, 11) is 0. The van der Waals surface area contributed by atoms with Crippen LogP contribution in [0.2, 0.25) is 0 Å². The van der Waals surface area contributed by atoms with Crippen LogP contribution in [0, 0.1) is 0 Å². The van der Waals surface area contributed by atoms with Crippen LogP contribution in [0.4, 0.5) is 5.82 Å². The van der Waals surface area contributed by atoms with E-state index in [4.69, 9.17) is 25.2 Å². The number of rotatable bonds is 4. The molecule has 1 fully saturated rings. The first-order chi connectivity index (χ1) is 13.8. The number of benzene rings is 1. The third-order valence-corrected chi connectivity index (χ3v) is 7.14. The SMILES string of the molecule is CSC(C)(C)c1nc(-c2ccc(CN)cc2)nc2c1OC[C@]1(C)COC[C@@H](C)N21. The van der Waals surface area contributed by atoms with Gasteiger partial charge in [-0.05, 0) is 39.5 Å². The number of thioether (sulfide) groups is 1. The molecule has 2 aliphatic heterocycles. The van der Waals surface area contributed by atoms with Gasteiger partial charge in [0.05, 0.1) is 29.5 Å². The molecule has 0 bridgehead atoms. The highest BCUT2D eigenvalue weighted by molar-refractivity contribution is 7.99. The minimum Gasteiger partial charge on any atom is -0.485 e. The zero-order valence-corrected chi connectivity index (χ0v) is 18.7. The van der Waals surface area contributed by atoms with Crippen molar-refractivity contribution in [2.75, 3.05) is 31.0 Å². The van der Waals surface area contributed by atoms with E-state index >= 15 is 0 Å². The summed E-state index contributed by atoms with van der Waals surface area (Å²) < 4.78 is 12.0. The molecular formula is C22H30N4O2S. The number of hydrogen-bond acceptors (Lipinski definition) is 7. The lowest BCUT2D eigenvalue weighted by atomic mass is 9.95. The maximum Gasteiger partial charge on any atom is 0.184 e. The van der Waals surface area contributed by atoms with Crippen molar-refractivity contribution in [2.45, 2.75) is 50.6 Å². The van der Waals surface area contributed by atoms with E-state index in [0.29, 0.717) is 26.4 Å². The number of hydrogen-bond donors (Lipinski definition) is 1. The molecule has 1 saturated heterocycles. The van der Waals surface area contributed by atoms with Gasteiger partial charge in [0.15, 0.2) is 17.4 Å². The fourth-order valence-corrected chi connectivity index (χ4v) is 4.42. The van der Waals surface area contributed by atoms with Gasteiger partial charge in [0.1, 0.15) is 12.3 Å². The molecule has 2 atom stereocenters. The normalized spacial score (nSPS) is 23.9. The van der Waals surface area contributed by atoms with Gasteiger partial charge in [0.2, 0.25) is 0 Å². The van der Waals surface area contributed by atoms with Gasteiger partial charge in [-0.15, -0.1) is 0 Å². The van der Waals surface area contributed by atoms with Crippen LogP contribution >= 0.6 is 11.8 Å². The Morgan fingerprint density at radius 2 is 1.97 bits per heavy atom. The number of fused-ring (bicyclic) bond motifs is 3. The van der Waals surface area contributed by atoms with E-state index in [0.717, 1.165) is 34.2 Å². The van der Waals surface area contributed by atoms with E-state index in [1.165, 1.54) is 0 Å². The van der Waals surface area contributed by atoms with Crippen LogP contribution in [0.15, 0.2) is 24.3 Å². The zero-order chi connectivity index (χ0) is 20.8. The Labute approximate surface area is 177 Å². The van der Waals surface area contributed by atoms with Crippen molar-refractivity contribution in [3.8, 4) is 17.1 Å². The fraction of sp³-hybridized carbons (Fsp3) is 0.545. The van der Waals surface area contributed by atoms with Crippen LogP contribution in [-0.4, -0.2) is 47.6 Å². The number of anilines is 1. The van der Waals surface area contributed by atoms with E-state index in [1.54, 1.807) is 11.8 Å². The highest BCUT2D eigenvalue weighted by Crippen LogP contribution is 2.48. The number of aromatic nitrogens is 2. The molecule has 0 spiro atoms. The first-order valence-corrected chi connectivity index (χ1v) is 11.3. The summed E-state index contributed by atoms with van der Waals surface area (Å²) >= 11 is 1.76. The van der Waals surface area contributed by atoms with Crippen molar-refractivity contribution in [2.24, 2.45) is 5.73 Å². The van der Waals surface area contributed by atoms with Crippen LogP contribution < -0.4 is 15.4 Å². The topological polar surface area (TPSA) is 73.5 Å². The lowest BCUT2D eigenvalue weighted by Crippen LogP contribution is -2.64. The van der Waals surface area contributed by atoms with E-state index in [1.807, 2.05) is 24.3 Å². The second-order valence-electron chi connectivity index (χ2n) is 8.68. The number of ether oxygens (including phenoxy) is 2. The zero-order valence-electron chi connectivity index (χ0n) is 17.9. The highest BCUT2D eigenvalue weighted by Gasteiger charge is 2.47. The maximum atomic E-state index is 6.31. The van der Waals surface area contributed by atoms with E-state index in [-0.39, 0.29) is 16.3 Å². The second kappa shape index (κ2) is 7.45. The molecule has 1 aromatic heterocycles. The number of morpholine rings is 1. The number of nitrogens with two attached hydrogens (primary N) is 1. The summed E-state index contributed by atoms with van der Waals surface area (Å²) in [6.07, 6.45) is 2.11. The van der Waals surface area contributed by atoms with Crippen molar-refractivity contribution in [1.82, 2.24) is 9.97 Å². The third-order valence-electron chi connectivity index (χ3n) is 5.93. The molecule has 0 unspecified atom stereocenters. The summed E-state index contributed by atoms with van der Waals surface area (Å²) in [5.41, 5.74) is 8.54. The van der Waals surface area contributed by atoms with Crippen molar-refractivity contribution in [3.63, 3.8) is 0 Å². The maximum absolute atomic E-state index is 6.31. The average molecular weight is 415 g/mol. The molecule has 2 aliphatic rings. The van der Waals surface area contributed by atoms with Crippen LogP contribution in [0.5, 0.6) is 5.75 Å². The molecule has 0 amide bonds. The van der Waals surface area contributed by atoms with Gasteiger partial charge in [-0.3, -0.25) is 0 Å². The summed E-state index contributed by atoms with van der Waals surface area (Å²) in [6.45, 7) is 11.1. The van der Waals surface area contributed by atoms with Crippen molar-refractivity contribution in [3.05, 3.63) is 35.5 Å². The van der Waals surface area contributed by atoms with Gasteiger partial charge in [-0.1, -0.05) is 24.3 Å². The third kappa shape index (κ3) is 3.49. The van der Waals surface area contributed by atoms with Gasteiger partial charge in [0.25, 0.3) is 0 Å². The number of nitrogens with zero attached hydrogens (tertiary/aromatic N) is 3. The monoisotopic (exact) mass is 414 g/mol. The molecule has 1 aromatic carbocycles. The lowest BCUT2D eigenvalue weighted by Gasteiger charge is -2.52. The molecule has 6 nitrogen and oxygen atoms in total. The highest BCUT2D eigenvalue weighted by atomic mass is 32.2. The first-order valence-electron chi connectivity index (χ1n) is 10.1. The lowest BCUT2D eigenvalue weighted by molar-refractivity contribution is 0.00707. The average Bonchev–Trinajstić information content (AvgIpc) is 2.72. The van der Waals surface area contributed by atoms with E-state index in [2.05, 4.69) is 38.9 Å². The Hall–Kier alpha value is -1.83. The van der Waals surface area contributed by atoms with Gasteiger partial charge in [0, 0.05) is 12.1 Å². The van der Waals surface area contributed by atoms with Gasteiger partial charge >= 0.3 is 0 Å². The fourth-order valence-electron chi connectivity index (χ4n) is 4.09. The molecular weight excluding hydrogens is 384 g/mol. The molecule has 4 rings (SSSR count). The van der Waals surface area contributed by atoms with Gasteiger partial charge < -0.3 is 20.1 Å². The van der Waals surface area contributed by atoms with Crippen LogP contribution in [-0.2, 0) is 16.0 Å². The Morgan fingerprint density at radius 3 is 2.62 bits per heavy atom. The van der Waals surface area contributed by atoms with Crippen LogP contribution in [0.25, 0.3) is 11.4 Å². The van der Waals surface area contributed by atoms with Crippen molar-refractivity contribution in [1.29, 1.82) is 0 Å². The van der Waals surface area contributed by atoms with E-state index in [9.17, 15) is 0 Å². The quantitative estimate of drug-likeness (QED) is 0.820. The second-order valence-corrected chi connectivity index (χ2v) is 10.1. The predicted octanol–water partition coefficient (Wildman–Crippen LogP) is 3.58. The molecule has 2 N–H and O–H groups in total. The summed E-state index contributed by atoms with van der Waals surface area (Å²) in [4.78, 5) is 12.4. The minimum absolute atomic E-state index is 0.206. The smallest absolute Gasteiger partial charge is 0.184 e. The van der Waals surface area contributed by atoms with Crippen molar-refractivity contribution >= 4 is 17.6 Å². The largest absolute Gasteiger partial charge is 0.485 e. The first kappa shape index (κ1) is 20.4. The Morgan fingerprint density at radius 1 is 1.24 bits per heavy atom. The molecule has 2 aromatic rings. The molecule has 0 aliphatic carbocycles. The Balaban J connectivity index is 1.92. The van der Waals surface area contributed by atoms with E-state index < -0.39 is 0 Å². The Kier molecular flexibility index (Phi) is 5.25. The minimum atomic E-state index is -0.236. The molecule has 0 saturated carbocycles. The summed E-state index contributed by atoms with van der Waals surface area (Å²) in [5.74, 6) is 2.40. The van der Waals surface area contributed by atoms with Crippen LogP contribution in [0.1, 0.15) is 39.0 Å². The standard InChI is InChI=1S/C22H30N4O2S/c1-14-11-27-12-22(4)13-28-17-18(21(2,3)29-5)24-19(25-20(17)26(14)22)16-8-6-15(10-23)7-9-16/h6-9,14H,10-13,23H2,1-5H3/t14-,22+/m1/s1. The Bertz CT molecular complexity index is 902. The molecule has 0 radical (unpaired) electrons. The summed E-state index contributed by atoms with van der Waals surface area (Å²) in [6, 6.07) is 8.38.